The van der Waals surface area contributed by atoms with Crippen LogP contribution in [0.25, 0.3) is 0 Å². The van der Waals surface area contributed by atoms with E-state index in [1.807, 2.05) is 37.3 Å². The van der Waals surface area contributed by atoms with Crippen LogP contribution in [0.5, 0.6) is 11.5 Å². The van der Waals surface area contributed by atoms with Crippen LogP contribution in [0.2, 0.25) is 0 Å². The molecule has 0 bridgehead atoms. The quantitative estimate of drug-likeness (QED) is 0.562. The topological polar surface area (TPSA) is 54.9 Å². The molecule has 0 radical (unpaired) electrons. The third-order valence-corrected chi connectivity index (χ3v) is 3.85. The number of guanidine groups is 1. The maximum absolute atomic E-state index is 13.8. The third-order valence-electron chi connectivity index (χ3n) is 3.85. The van der Waals surface area contributed by atoms with Crippen molar-refractivity contribution in [2.24, 2.45) is 4.99 Å². The van der Waals surface area contributed by atoms with Gasteiger partial charge in [-0.3, -0.25) is 0 Å². The average Bonchev–Trinajstić information content (AvgIpc) is 2.66. The largest absolute Gasteiger partial charge is 0.497 e. The van der Waals surface area contributed by atoms with Gasteiger partial charge >= 0.3 is 0 Å². The molecule has 0 atom stereocenters. The van der Waals surface area contributed by atoms with E-state index in [1.165, 1.54) is 18.7 Å². The maximum Gasteiger partial charge on any atom is 0.191 e. The van der Waals surface area contributed by atoms with Crippen molar-refractivity contribution < 1.29 is 13.9 Å². The van der Waals surface area contributed by atoms with Crippen LogP contribution >= 0.6 is 0 Å². The number of rotatable bonds is 8. The third kappa shape index (κ3) is 5.95. The van der Waals surface area contributed by atoms with E-state index in [0.29, 0.717) is 12.5 Å². The summed E-state index contributed by atoms with van der Waals surface area (Å²) in [5.74, 6) is 1.42. The average molecular weight is 359 g/mol. The fourth-order valence-corrected chi connectivity index (χ4v) is 2.44. The zero-order chi connectivity index (χ0) is 18.8. The fourth-order valence-electron chi connectivity index (χ4n) is 2.44. The molecule has 2 rings (SSSR count). The van der Waals surface area contributed by atoms with Crippen LogP contribution in [0.4, 0.5) is 4.39 Å². The van der Waals surface area contributed by atoms with Crippen LogP contribution in [0.1, 0.15) is 18.1 Å². The van der Waals surface area contributed by atoms with Gasteiger partial charge in [0.25, 0.3) is 0 Å². The van der Waals surface area contributed by atoms with Crippen LogP contribution in [-0.2, 0) is 13.0 Å². The molecule has 2 aromatic rings. The van der Waals surface area contributed by atoms with Gasteiger partial charge in [-0.25, -0.2) is 9.38 Å². The predicted molar refractivity (Wildman–Crippen MR) is 102 cm³/mol. The van der Waals surface area contributed by atoms with Gasteiger partial charge in [-0.15, -0.1) is 0 Å². The number of nitrogens with one attached hydrogen (secondary N) is 2. The number of hydrogen-bond donors (Lipinski definition) is 2. The molecule has 0 aliphatic rings. The minimum absolute atomic E-state index is 0.238. The molecule has 140 valence electrons. The number of halogens is 1. The summed E-state index contributed by atoms with van der Waals surface area (Å²) in [6.07, 6.45) is 0.867. The van der Waals surface area contributed by atoms with Gasteiger partial charge in [-0.1, -0.05) is 18.2 Å². The molecule has 2 N–H and O–H groups in total. The lowest BCUT2D eigenvalue weighted by molar-refractivity contribution is 0.386. The van der Waals surface area contributed by atoms with Gasteiger partial charge in [-0.05, 0) is 48.7 Å². The van der Waals surface area contributed by atoms with E-state index < -0.39 is 0 Å². The van der Waals surface area contributed by atoms with Crippen LogP contribution in [-0.4, -0.2) is 33.3 Å². The molecular formula is C20H26FN3O2. The normalized spacial score (nSPS) is 11.2. The Balaban J connectivity index is 1.90. The second-order valence-electron chi connectivity index (χ2n) is 5.69. The van der Waals surface area contributed by atoms with E-state index in [2.05, 4.69) is 15.6 Å². The van der Waals surface area contributed by atoms with E-state index in [0.717, 1.165) is 30.8 Å². The minimum atomic E-state index is -0.377. The summed E-state index contributed by atoms with van der Waals surface area (Å²) in [6, 6.07) is 12.9. The Labute approximate surface area is 154 Å². The monoisotopic (exact) mass is 359 g/mol. The van der Waals surface area contributed by atoms with Gasteiger partial charge in [-0.2, -0.15) is 0 Å². The molecule has 0 unspecified atom stereocenters. The Kier molecular flexibility index (Phi) is 7.74. The fraction of sp³-hybridized carbons (Fsp3) is 0.350. The first-order valence-corrected chi connectivity index (χ1v) is 8.63. The molecule has 0 saturated heterocycles. The molecule has 0 fully saturated rings. The summed E-state index contributed by atoms with van der Waals surface area (Å²) < 4.78 is 23.8. The summed E-state index contributed by atoms with van der Waals surface area (Å²) in [4.78, 5) is 4.51. The first-order valence-electron chi connectivity index (χ1n) is 8.63. The van der Waals surface area contributed by atoms with Crippen molar-refractivity contribution in [3.63, 3.8) is 0 Å². The minimum Gasteiger partial charge on any atom is -0.497 e. The van der Waals surface area contributed by atoms with E-state index in [4.69, 9.17) is 9.47 Å². The van der Waals surface area contributed by atoms with Crippen molar-refractivity contribution in [3.05, 3.63) is 59.4 Å². The molecule has 5 nitrogen and oxygen atoms in total. The van der Waals surface area contributed by atoms with Crippen molar-refractivity contribution in [2.45, 2.75) is 19.9 Å². The van der Waals surface area contributed by atoms with Crippen molar-refractivity contribution in [1.29, 1.82) is 0 Å². The van der Waals surface area contributed by atoms with Gasteiger partial charge in [0.15, 0.2) is 17.5 Å². The summed E-state index contributed by atoms with van der Waals surface area (Å²) in [7, 11) is 3.11. The van der Waals surface area contributed by atoms with Crippen LogP contribution in [0, 0.1) is 5.82 Å². The molecule has 0 aliphatic carbocycles. The molecule has 0 heterocycles. The molecule has 6 heteroatoms. The molecule has 0 aliphatic heterocycles. The Morgan fingerprint density at radius 3 is 2.35 bits per heavy atom. The van der Waals surface area contributed by atoms with Crippen molar-refractivity contribution in [1.82, 2.24) is 10.6 Å². The SMILES string of the molecule is CCNC(=NCc1ccc(OC)c(F)c1)NCCc1ccc(OC)cc1. The number of ether oxygens (including phenoxy) is 2. The predicted octanol–water partition coefficient (Wildman–Crippen LogP) is 3.14. The highest BCUT2D eigenvalue weighted by Gasteiger charge is 2.04. The lowest BCUT2D eigenvalue weighted by Gasteiger charge is -2.12. The Morgan fingerprint density at radius 2 is 1.73 bits per heavy atom. The number of benzene rings is 2. The van der Waals surface area contributed by atoms with Crippen molar-refractivity contribution in [3.8, 4) is 11.5 Å². The molecule has 26 heavy (non-hydrogen) atoms. The summed E-state index contributed by atoms with van der Waals surface area (Å²) in [5.41, 5.74) is 2.00. The van der Waals surface area contributed by atoms with Gasteiger partial charge in [0.1, 0.15) is 5.75 Å². The molecule has 0 saturated carbocycles. The van der Waals surface area contributed by atoms with Gasteiger partial charge in [0.05, 0.1) is 20.8 Å². The second-order valence-corrected chi connectivity index (χ2v) is 5.69. The Hall–Kier alpha value is -2.76. The molecule has 0 amide bonds. The molecule has 0 spiro atoms. The Morgan fingerprint density at radius 1 is 1.00 bits per heavy atom. The summed E-state index contributed by atoms with van der Waals surface area (Å²) in [6.45, 7) is 3.90. The lowest BCUT2D eigenvalue weighted by atomic mass is 10.1. The molecule has 0 aromatic heterocycles. The summed E-state index contributed by atoms with van der Waals surface area (Å²) >= 11 is 0. The number of methoxy groups -OCH3 is 2. The zero-order valence-corrected chi connectivity index (χ0v) is 15.5. The number of hydrogen-bond acceptors (Lipinski definition) is 3. The van der Waals surface area contributed by atoms with Gasteiger partial charge in [0.2, 0.25) is 0 Å². The van der Waals surface area contributed by atoms with Crippen molar-refractivity contribution in [2.75, 3.05) is 27.3 Å². The van der Waals surface area contributed by atoms with Gasteiger partial charge in [0, 0.05) is 13.1 Å². The highest BCUT2D eigenvalue weighted by atomic mass is 19.1. The Bertz CT molecular complexity index is 717. The number of aliphatic imine (C=N–C) groups is 1. The van der Waals surface area contributed by atoms with E-state index in [1.54, 1.807) is 13.2 Å². The second kappa shape index (κ2) is 10.3. The van der Waals surface area contributed by atoms with Crippen LogP contribution < -0.4 is 20.1 Å². The highest BCUT2D eigenvalue weighted by Crippen LogP contribution is 2.18. The zero-order valence-electron chi connectivity index (χ0n) is 15.5. The van der Waals surface area contributed by atoms with Gasteiger partial charge < -0.3 is 20.1 Å². The highest BCUT2D eigenvalue weighted by molar-refractivity contribution is 5.79. The molecule has 2 aromatic carbocycles. The first-order chi connectivity index (χ1) is 12.7. The van der Waals surface area contributed by atoms with Crippen LogP contribution in [0.3, 0.4) is 0 Å². The maximum atomic E-state index is 13.8. The lowest BCUT2D eigenvalue weighted by Crippen LogP contribution is -2.38. The van der Waals surface area contributed by atoms with E-state index in [-0.39, 0.29) is 11.6 Å². The molecular weight excluding hydrogens is 333 g/mol. The van der Waals surface area contributed by atoms with Crippen molar-refractivity contribution >= 4 is 5.96 Å². The summed E-state index contributed by atoms with van der Waals surface area (Å²) in [5, 5.41) is 6.49. The standard InChI is InChI=1S/C20H26FN3O2/c1-4-22-20(23-12-11-15-5-8-17(25-2)9-6-15)24-14-16-7-10-19(26-3)18(21)13-16/h5-10,13H,4,11-12,14H2,1-3H3,(H2,22,23,24). The van der Waals surface area contributed by atoms with Crippen LogP contribution in [0.15, 0.2) is 47.5 Å². The van der Waals surface area contributed by atoms with E-state index >= 15 is 0 Å². The van der Waals surface area contributed by atoms with E-state index in [9.17, 15) is 4.39 Å². The number of nitrogens with zero attached hydrogens (tertiary/aromatic N) is 1. The first kappa shape index (κ1) is 19.6. The smallest absolute Gasteiger partial charge is 0.191 e.